The first kappa shape index (κ1) is 19.3. The number of nitrogens with zero attached hydrogens (tertiary/aromatic N) is 4. The van der Waals surface area contributed by atoms with Gasteiger partial charge in [0.15, 0.2) is 0 Å². The fourth-order valence-electron chi connectivity index (χ4n) is 2.42. The Balaban J connectivity index is 2.26. The van der Waals surface area contributed by atoms with Crippen molar-refractivity contribution in [1.29, 1.82) is 0 Å². The molecular formula is C15H10F6N4OS. The third-order valence-electron chi connectivity index (χ3n) is 3.46. The Kier molecular flexibility index (Phi) is 4.70. The van der Waals surface area contributed by atoms with Gasteiger partial charge in [-0.05, 0) is 37.4 Å². The molecule has 5 nitrogen and oxygen atoms in total. The summed E-state index contributed by atoms with van der Waals surface area (Å²) in [6.45, 7) is 1.65. The summed E-state index contributed by atoms with van der Waals surface area (Å²) in [7, 11) is 0. The van der Waals surface area contributed by atoms with Crippen LogP contribution in [0.25, 0.3) is 16.8 Å². The van der Waals surface area contributed by atoms with Gasteiger partial charge >= 0.3 is 12.5 Å². The van der Waals surface area contributed by atoms with Crippen molar-refractivity contribution in [3.8, 4) is 17.0 Å². The van der Waals surface area contributed by atoms with Crippen LogP contribution in [0.3, 0.4) is 0 Å². The standard InChI is InChI=1S/C15H10F6N4OS/c1-7-5-10-12(22-23-13(27-2)25(10)24-7)9-4-3-8(14(16,17)18)6-11(9)26-15(19,20)21/h3-6H,1-2H3. The van der Waals surface area contributed by atoms with E-state index in [1.54, 1.807) is 19.2 Å². The van der Waals surface area contributed by atoms with Crippen molar-refractivity contribution in [3.05, 3.63) is 35.5 Å². The van der Waals surface area contributed by atoms with Crippen LogP contribution < -0.4 is 4.74 Å². The Morgan fingerprint density at radius 3 is 2.33 bits per heavy atom. The van der Waals surface area contributed by atoms with Crippen LogP contribution in [0.15, 0.2) is 29.4 Å². The van der Waals surface area contributed by atoms with Crippen LogP contribution in [-0.4, -0.2) is 32.4 Å². The van der Waals surface area contributed by atoms with E-state index in [9.17, 15) is 26.3 Å². The summed E-state index contributed by atoms with van der Waals surface area (Å²) in [4.78, 5) is 0. The maximum absolute atomic E-state index is 12.9. The van der Waals surface area contributed by atoms with Gasteiger partial charge in [0.25, 0.3) is 0 Å². The Labute approximate surface area is 152 Å². The van der Waals surface area contributed by atoms with Crippen molar-refractivity contribution in [3.63, 3.8) is 0 Å². The summed E-state index contributed by atoms with van der Waals surface area (Å²) in [5, 5.41) is 12.3. The molecule has 0 amide bonds. The van der Waals surface area contributed by atoms with Gasteiger partial charge in [-0.25, -0.2) is 4.52 Å². The third-order valence-corrected chi connectivity index (χ3v) is 4.08. The predicted molar refractivity (Wildman–Crippen MR) is 84.4 cm³/mol. The largest absolute Gasteiger partial charge is 0.573 e. The van der Waals surface area contributed by atoms with Crippen LogP contribution in [0.1, 0.15) is 11.3 Å². The highest BCUT2D eigenvalue weighted by Gasteiger charge is 2.36. The maximum Gasteiger partial charge on any atom is 0.573 e. The Bertz CT molecular complexity index is 998. The average molecular weight is 408 g/mol. The molecule has 0 saturated carbocycles. The van der Waals surface area contributed by atoms with Crippen LogP contribution in [0.4, 0.5) is 26.3 Å². The van der Waals surface area contributed by atoms with E-state index in [-0.39, 0.29) is 17.3 Å². The number of fused-ring (bicyclic) bond motifs is 1. The Morgan fingerprint density at radius 2 is 1.74 bits per heavy atom. The first-order valence-electron chi connectivity index (χ1n) is 7.24. The lowest BCUT2D eigenvalue weighted by atomic mass is 10.1. The first-order chi connectivity index (χ1) is 12.5. The molecule has 0 bridgehead atoms. The van der Waals surface area contributed by atoms with E-state index in [0.29, 0.717) is 22.4 Å². The minimum Gasteiger partial charge on any atom is -0.405 e. The lowest BCUT2D eigenvalue weighted by Crippen LogP contribution is -2.18. The minimum atomic E-state index is -5.18. The van der Waals surface area contributed by atoms with Crippen LogP contribution in [0.2, 0.25) is 0 Å². The molecule has 0 aliphatic heterocycles. The summed E-state index contributed by atoms with van der Waals surface area (Å²) in [5.41, 5.74) is -0.822. The van der Waals surface area contributed by atoms with Gasteiger partial charge in [-0.15, -0.1) is 23.4 Å². The van der Waals surface area contributed by atoms with Gasteiger partial charge in [-0.3, -0.25) is 0 Å². The van der Waals surface area contributed by atoms with E-state index in [4.69, 9.17) is 0 Å². The molecule has 27 heavy (non-hydrogen) atoms. The molecule has 0 aliphatic rings. The van der Waals surface area contributed by atoms with E-state index in [0.717, 1.165) is 6.07 Å². The van der Waals surface area contributed by atoms with Gasteiger partial charge in [0.05, 0.1) is 16.8 Å². The molecule has 0 aliphatic carbocycles. The molecule has 0 radical (unpaired) electrons. The van der Waals surface area contributed by atoms with Gasteiger partial charge in [0.2, 0.25) is 5.16 Å². The van der Waals surface area contributed by atoms with Crippen LogP contribution in [-0.2, 0) is 6.18 Å². The van der Waals surface area contributed by atoms with Crippen LogP contribution >= 0.6 is 11.8 Å². The minimum absolute atomic E-state index is 0.0821. The third kappa shape index (κ3) is 3.94. The Hall–Kier alpha value is -2.50. The number of rotatable bonds is 3. The van der Waals surface area contributed by atoms with Gasteiger partial charge < -0.3 is 4.74 Å². The molecule has 0 saturated heterocycles. The zero-order valence-corrected chi connectivity index (χ0v) is 14.5. The summed E-state index contributed by atoms with van der Waals surface area (Å²) in [6.07, 6.45) is -8.31. The summed E-state index contributed by atoms with van der Waals surface area (Å²) >= 11 is 1.20. The summed E-state index contributed by atoms with van der Waals surface area (Å²) in [5.74, 6) is -1.02. The highest BCUT2D eigenvalue weighted by atomic mass is 32.2. The maximum atomic E-state index is 12.9. The highest BCUT2D eigenvalue weighted by Crippen LogP contribution is 2.40. The molecule has 1 aromatic carbocycles. The van der Waals surface area contributed by atoms with Gasteiger partial charge in [0.1, 0.15) is 11.4 Å². The molecule has 2 aromatic heterocycles. The number of halogens is 6. The second-order valence-corrected chi connectivity index (χ2v) is 6.15. The van der Waals surface area contributed by atoms with E-state index in [1.807, 2.05) is 0 Å². The van der Waals surface area contributed by atoms with E-state index in [2.05, 4.69) is 20.0 Å². The van der Waals surface area contributed by atoms with Crippen molar-refractivity contribution in [2.45, 2.75) is 24.6 Å². The molecule has 2 heterocycles. The Morgan fingerprint density at radius 1 is 1.04 bits per heavy atom. The first-order valence-corrected chi connectivity index (χ1v) is 8.46. The molecule has 0 unspecified atom stereocenters. The van der Waals surface area contributed by atoms with Gasteiger partial charge in [0, 0.05) is 5.56 Å². The molecule has 12 heteroatoms. The second-order valence-electron chi connectivity index (χ2n) is 5.37. The molecule has 0 spiro atoms. The number of hydrogen-bond acceptors (Lipinski definition) is 5. The van der Waals surface area contributed by atoms with Crippen molar-refractivity contribution in [2.24, 2.45) is 0 Å². The van der Waals surface area contributed by atoms with Crippen molar-refractivity contribution >= 4 is 17.3 Å². The quantitative estimate of drug-likeness (QED) is 0.463. The van der Waals surface area contributed by atoms with Gasteiger partial charge in [-0.1, -0.05) is 11.8 Å². The van der Waals surface area contributed by atoms with E-state index in [1.165, 1.54) is 16.3 Å². The topological polar surface area (TPSA) is 52.3 Å². The number of aryl methyl sites for hydroxylation is 1. The number of hydrogen-bond donors (Lipinski definition) is 0. The zero-order chi connectivity index (χ0) is 20.0. The number of aromatic nitrogens is 4. The second kappa shape index (κ2) is 6.59. The van der Waals surface area contributed by atoms with Crippen molar-refractivity contribution in [1.82, 2.24) is 19.8 Å². The van der Waals surface area contributed by atoms with Crippen LogP contribution in [0.5, 0.6) is 5.75 Å². The van der Waals surface area contributed by atoms with E-state index >= 15 is 0 Å². The molecule has 144 valence electrons. The SMILES string of the molecule is CSc1nnc(-c2ccc(C(F)(F)F)cc2OC(F)(F)F)c2cc(C)nn12. The summed E-state index contributed by atoms with van der Waals surface area (Å²) < 4.78 is 82.1. The molecule has 0 atom stereocenters. The molecule has 0 N–H and O–H groups in total. The predicted octanol–water partition coefficient (Wildman–Crippen LogP) is 4.74. The average Bonchev–Trinajstić information content (AvgIpc) is 2.93. The molecule has 3 rings (SSSR count). The summed E-state index contributed by atoms with van der Waals surface area (Å²) in [6, 6.07) is 3.35. The fourth-order valence-corrected chi connectivity index (χ4v) is 2.86. The van der Waals surface area contributed by atoms with E-state index < -0.39 is 23.9 Å². The number of ether oxygens (including phenoxy) is 1. The van der Waals surface area contributed by atoms with Gasteiger partial charge in [-0.2, -0.15) is 18.3 Å². The fraction of sp³-hybridized carbons (Fsp3) is 0.267. The monoisotopic (exact) mass is 408 g/mol. The lowest BCUT2D eigenvalue weighted by Gasteiger charge is -2.16. The molecule has 0 fully saturated rings. The molecule has 3 aromatic rings. The smallest absolute Gasteiger partial charge is 0.405 e. The lowest BCUT2D eigenvalue weighted by molar-refractivity contribution is -0.274. The van der Waals surface area contributed by atoms with Crippen molar-refractivity contribution in [2.75, 3.05) is 6.26 Å². The number of thioether (sulfide) groups is 1. The highest BCUT2D eigenvalue weighted by molar-refractivity contribution is 7.98. The van der Waals surface area contributed by atoms with Crippen molar-refractivity contribution < 1.29 is 31.1 Å². The normalized spacial score (nSPS) is 12.6. The molecular weight excluding hydrogens is 398 g/mol. The zero-order valence-electron chi connectivity index (χ0n) is 13.7. The van der Waals surface area contributed by atoms with Crippen LogP contribution in [0, 0.1) is 6.92 Å². The number of benzene rings is 1. The number of alkyl halides is 6.